The van der Waals surface area contributed by atoms with Crippen molar-refractivity contribution < 1.29 is 9.53 Å². The second kappa shape index (κ2) is 8.98. The minimum atomic E-state index is 0. The maximum atomic E-state index is 12.2. The molecule has 6 heteroatoms. The van der Waals surface area contributed by atoms with E-state index in [-0.39, 0.29) is 18.3 Å². The molecule has 1 saturated heterocycles. The number of ether oxygens (including phenoxy) is 1. The van der Waals surface area contributed by atoms with Gasteiger partial charge in [-0.05, 0) is 63.0 Å². The highest BCUT2D eigenvalue weighted by atomic mass is 35.5. The van der Waals surface area contributed by atoms with Gasteiger partial charge in [-0.2, -0.15) is 0 Å². The van der Waals surface area contributed by atoms with Crippen molar-refractivity contribution in [3.8, 4) is 5.75 Å². The molecule has 2 rings (SSSR count). The maximum absolute atomic E-state index is 12.2. The first-order valence-electron chi connectivity index (χ1n) is 7.49. The molecule has 1 aliphatic heterocycles. The fourth-order valence-electron chi connectivity index (χ4n) is 2.69. The van der Waals surface area contributed by atoms with Crippen LogP contribution in [0.25, 0.3) is 0 Å². The molecule has 1 aromatic rings. The van der Waals surface area contributed by atoms with Gasteiger partial charge in [-0.1, -0.05) is 6.07 Å². The number of methoxy groups -OCH3 is 1. The molecular weight excluding hydrogens is 302 g/mol. The summed E-state index contributed by atoms with van der Waals surface area (Å²) in [5, 5.41) is 2.94. The summed E-state index contributed by atoms with van der Waals surface area (Å²) in [4.78, 5) is 14.4. The zero-order chi connectivity index (χ0) is 15.2. The molecule has 0 spiro atoms. The quantitative estimate of drug-likeness (QED) is 0.868. The van der Waals surface area contributed by atoms with Gasteiger partial charge in [-0.25, -0.2) is 0 Å². The summed E-state index contributed by atoms with van der Waals surface area (Å²) in [7, 11) is 1.61. The summed E-state index contributed by atoms with van der Waals surface area (Å²) in [6, 6.07) is 5.77. The first-order valence-corrected chi connectivity index (χ1v) is 7.49. The van der Waals surface area contributed by atoms with Gasteiger partial charge in [-0.15, -0.1) is 12.4 Å². The third-order valence-electron chi connectivity index (χ3n) is 4.04. The predicted molar refractivity (Wildman–Crippen MR) is 91.8 cm³/mol. The fraction of sp³-hybridized carbons (Fsp3) is 0.562. The number of piperidine rings is 1. The van der Waals surface area contributed by atoms with Crippen molar-refractivity contribution in [2.24, 2.45) is 11.7 Å². The normalized spacial score (nSPS) is 16.0. The molecule has 124 valence electrons. The van der Waals surface area contributed by atoms with E-state index in [0.717, 1.165) is 43.7 Å². The Balaban J connectivity index is 0.00000242. The molecule has 0 unspecified atom stereocenters. The lowest BCUT2D eigenvalue weighted by molar-refractivity contribution is -0.117. The molecule has 0 aromatic heterocycles. The van der Waals surface area contributed by atoms with Crippen molar-refractivity contribution in [1.82, 2.24) is 4.90 Å². The van der Waals surface area contributed by atoms with Crippen LogP contribution in [0.5, 0.6) is 5.75 Å². The number of hydrogen-bond acceptors (Lipinski definition) is 4. The minimum Gasteiger partial charge on any atom is -0.495 e. The van der Waals surface area contributed by atoms with Crippen LogP contribution in [0.1, 0.15) is 18.4 Å². The SMILES string of the molecule is COc1ccc(C)cc1NC(=O)CN1CCC(CN)CC1.Cl. The fourth-order valence-corrected chi connectivity index (χ4v) is 2.69. The average Bonchev–Trinajstić information content (AvgIpc) is 2.48. The second-order valence-electron chi connectivity index (χ2n) is 5.71. The number of nitrogens with one attached hydrogen (secondary N) is 1. The molecule has 1 aliphatic rings. The number of nitrogens with zero attached hydrogens (tertiary/aromatic N) is 1. The van der Waals surface area contributed by atoms with Crippen LogP contribution in [0, 0.1) is 12.8 Å². The molecular formula is C16H26ClN3O2. The Kier molecular flexibility index (Phi) is 7.65. The zero-order valence-electron chi connectivity index (χ0n) is 13.3. The van der Waals surface area contributed by atoms with E-state index in [1.165, 1.54) is 0 Å². The van der Waals surface area contributed by atoms with Crippen LogP contribution in [-0.2, 0) is 4.79 Å². The molecule has 0 saturated carbocycles. The largest absolute Gasteiger partial charge is 0.495 e. The number of halogens is 1. The molecule has 1 aromatic carbocycles. The molecule has 0 bridgehead atoms. The van der Waals surface area contributed by atoms with Crippen LogP contribution in [0.2, 0.25) is 0 Å². The molecule has 0 aliphatic carbocycles. The highest BCUT2D eigenvalue weighted by Crippen LogP contribution is 2.25. The van der Waals surface area contributed by atoms with E-state index < -0.39 is 0 Å². The van der Waals surface area contributed by atoms with Crippen molar-refractivity contribution in [2.45, 2.75) is 19.8 Å². The van der Waals surface area contributed by atoms with Gasteiger partial charge in [0.15, 0.2) is 0 Å². The van der Waals surface area contributed by atoms with Crippen LogP contribution in [0.3, 0.4) is 0 Å². The van der Waals surface area contributed by atoms with Gasteiger partial charge < -0.3 is 15.8 Å². The lowest BCUT2D eigenvalue weighted by Gasteiger charge is -2.30. The molecule has 0 radical (unpaired) electrons. The van der Waals surface area contributed by atoms with Gasteiger partial charge in [0.2, 0.25) is 5.91 Å². The van der Waals surface area contributed by atoms with E-state index in [1.54, 1.807) is 7.11 Å². The third-order valence-corrected chi connectivity index (χ3v) is 4.04. The molecule has 1 fully saturated rings. The third kappa shape index (κ3) is 5.16. The van der Waals surface area contributed by atoms with Gasteiger partial charge in [-0.3, -0.25) is 9.69 Å². The maximum Gasteiger partial charge on any atom is 0.238 e. The number of rotatable bonds is 5. The topological polar surface area (TPSA) is 67.6 Å². The van der Waals surface area contributed by atoms with Crippen molar-refractivity contribution in [2.75, 3.05) is 38.6 Å². The van der Waals surface area contributed by atoms with Gasteiger partial charge >= 0.3 is 0 Å². The van der Waals surface area contributed by atoms with E-state index in [1.807, 2.05) is 25.1 Å². The Bertz CT molecular complexity index is 488. The van der Waals surface area contributed by atoms with E-state index >= 15 is 0 Å². The highest BCUT2D eigenvalue weighted by molar-refractivity contribution is 5.93. The smallest absolute Gasteiger partial charge is 0.238 e. The Labute approximate surface area is 138 Å². The van der Waals surface area contributed by atoms with E-state index in [9.17, 15) is 4.79 Å². The molecule has 0 atom stereocenters. The van der Waals surface area contributed by atoms with Crippen molar-refractivity contribution in [3.63, 3.8) is 0 Å². The molecule has 1 heterocycles. The van der Waals surface area contributed by atoms with E-state index in [0.29, 0.717) is 18.2 Å². The molecule has 22 heavy (non-hydrogen) atoms. The van der Waals surface area contributed by atoms with Gasteiger partial charge in [0, 0.05) is 0 Å². The molecule has 3 N–H and O–H groups in total. The van der Waals surface area contributed by atoms with E-state index in [4.69, 9.17) is 10.5 Å². The number of anilines is 1. The zero-order valence-corrected chi connectivity index (χ0v) is 14.1. The predicted octanol–water partition coefficient (Wildman–Crippen LogP) is 2.03. The summed E-state index contributed by atoms with van der Waals surface area (Å²) in [5.41, 5.74) is 7.51. The van der Waals surface area contributed by atoms with Gasteiger partial charge in [0.1, 0.15) is 5.75 Å². The van der Waals surface area contributed by atoms with Crippen molar-refractivity contribution in [3.05, 3.63) is 23.8 Å². The summed E-state index contributed by atoms with van der Waals surface area (Å²) >= 11 is 0. The number of amides is 1. The second-order valence-corrected chi connectivity index (χ2v) is 5.71. The number of hydrogen-bond donors (Lipinski definition) is 2. The van der Waals surface area contributed by atoms with Crippen LogP contribution < -0.4 is 15.8 Å². The van der Waals surface area contributed by atoms with E-state index in [2.05, 4.69) is 10.2 Å². The monoisotopic (exact) mass is 327 g/mol. The number of carbonyl (C=O) groups excluding carboxylic acids is 1. The number of benzene rings is 1. The number of aryl methyl sites for hydroxylation is 1. The Morgan fingerprint density at radius 1 is 1.41 bits per heavy atom. The Morgan fingerprint density at radius 3 is 2.68 bits per heavy atom. The van der Waals surface area contributed by atoms with Crippen molar-refractivity contribution >= 4 is 24.0 Å². The summed E-state index contributed by atoms with van der Waals surface area (Å²) in [6.45, 7) is 5.06. The van der Waals surface area contributed by atoms with Gasteiger partial charge in [0.05, 0.1) is 19.3 Å². The molecule has 1 amide bonds. The number of carbonyl (C=O) groups is 1. The lowest BCUT2D eigenvalue weighted by Crippen LogP contribution is -2.40. The van der Waals surface area contributed by atoms with Crippen LogP contribution in [0.4, 0.5) is 5.69 Å². The number of likely N-dealkylation sites (tertiary alicyclic amines) is 1. The minimum absolute atomic E-state index is 0. The first kappa shape index (κ1) is 18.7. The first-order chi connectivity index (χ1) is 10.1. The summed E-state index contributed by atoms with van der Waals surface area (Å²) in [5.74, 6) is 1.31. The number of nitrogens with two attached hydrogens (primary N) is 1. The summed E-state index contributed by atoms with van der Waals surface area (Å²) in [6.07, 6.45) is 2.16. The molecule has 5 nitrogen and oxygen atoms in total. The standard InChI is InChI=1S/C16H25N3O2.ClH/c1-12-3-4-15(21-2)14(9-12)18-16(20)11-19-7-5-13(10-17)6-8-19;/h3-4,9,13H,5-8,10-11,17H2,1-2H3,(H,18,20);1H. The summed E-state index contributed by atoms with van der Waals surface area (Å²) < 4.78 is 5.28. The van der Waals surface area contributed by atoms with Crippen LogP contribution in [-0.4, -0.2) is 44.1 Å². The lowest BCUT2D eigenvalue weighted by atomic mass is 9.97. The van der Waals surface area contributed by atoms with Crippen LogP contribution in [0.15, 0.2) is 18.2 Å². The van der Waals surface area contributed by atoms with Crippen LogP contribution >= 0.6 is 12.4 Å². The highest BCUT2D eigenvalue weighted by Gasteiger charge is 2.20. The van der Waals surface area contributed by atoms with Gasteiger partial charge in [0.25, 0.3) is 0 Å². The Morgan fingerprint density at radius 2 is 2.09 bits per heavy atom. The Hall–Kier alpha value is -1.30. The van der Waals surface area contributed by atoms with Crippen molar-refractivity contribution in [1.29, 1.82) is 0 Å². The average molecular weight is 328 g/mol.